The lowest BCUT2D eigenvalue weighted by Crippen LogP contribution is -2.35. The Morgan fingerprint density at radius 2 is 1.62 bits per heavy atom. The van der Waals surface area contributed by atoms with Crippen LogP contribution in [0.4, 0.5) is 0 Å². The number of aromatic hydroxyl groups is 1. The first-order chi connectivity index (χ1) is 16.8. The summed E-state index contributed by atoms with van der Waals surface area (Å²) in [4.78, 5) is 0. The maximum atomic E-state index is 10.9. The third kappa shape index (κ3) is 4.65. The molecule has 0 radical (unpaired) electrons. The number of piperidine rings is 1. The lowest BCUT2D eigenvalue weighted by Gasteiger charge is -2.40. The molecular formula is C30H35NO3. The van der Waals surface area contributed by atoms with E-state index in [9.17, 15) is 5.11 Å². The number of nitrogens with one attached hydrogen (secondary N) is 1. The molecule has 2 aliphatic rings. The van der Waals surface area contributed by atoms with Crippen LogP contribution >= 0.6 is 0 Å². The molecule has 4 nitrogen and oxygen atoms in total. The number of phenols is 1. The van der Waals surface area contributed by atoms with Crippen molar-refractivity contribution in [2.75, 3.05) is 26.3 Å². The summed E-state index contributed by atoms with van der Waals surface area (Å²) in [5.41, 5.74) is 2.68. The van der Waals surface area contributed by atoms with E-state index in [1.165, 1.54) is 38.8 Å². The van der Waals surface area contributed by atoms with Crippen molar-refractivity contribution in [2.24, 2.45) is 5.92 Å². The van der Waals surface area contributed by atoms with Crippen molar-refractivity contribution in [3.63, 3.8) is 0 Å². The number of ether oxygens (including phenoxy) is 2. The van der Waals surface area contributed by atoms with Crippen LogP contribution in [0.5, 0.6) is 17.2 Å². The second-order valence-electron chi connectivity index (χ2n) is 9.58. The fourth-order valence-corrected chi connectivity index (χ4v) is 5.69. The zero-order valence-electron chi connectivity index (χ0n) is 19.8. The molecule has 2 N–H and O–H groups in total. The number of benzene rings is 3. The molecule has 1 fully saturated rings. The Morgan fingerprint density at radius 3 is 2.41 bits per heavy atom. The maximum absolute atomic E-state index is 10.9. The number of hydrogen-bond donors (Lipinski definition) is 2. The van der Waals surface area contributed by atoms with Gasteiger partial charge in [0.15, 0.2) is 0 Å². The average molecular weight is 458 g/mol. The highest BCUT2D eigenvalue weighted by Crippen LogP contribution is 2.50. The summed E-state index contributed by atoms with van der Waals surface area (Å²) < 4.78 is 12.1. The molecule has 2 heterocycles. The minimum Gasteiger partial charge on any atom is -0.508 e. The molecule has 0 aliphatic carbocycles. The maximum Gasteiger partial charge on any atom is 0.123 e. The van der Waals surface area contributed by atoms with Crippen LogP contribution in [0.25, 0.3) is 0 Å². The van der Waals surface area contributed by atoms with Crippen molar-refractivity contribution in [1.29, 1.82) is 0 Å². The zero-order chi connectivity index (χ0) is 23.2. The first-order valence-electron chi connectivity index (χ1n) is 12.7. The molecule has 3 aromatic rings. The van der Waals surface area contributed by atoms with Crippen LogP contribution in [-0.2, 0) is 5.41 Å². The Bertz CT molecular complexity index is 1070. The third-order valence-electron chi connectivity index (χ3n) is 7.53. The zero-order valence-corrected chi connectivity index (χ0v) is 19.8. The predicted molar refractivity (Wildman–Crippen MR) is 136 cm³/mol. The van der Waals surface area contributed by atoms with E-state index in [0.29, 0.717) is 12.4 Å². The number of rotatable bonds is 8. The number of para-hydroxylation sites is 2. The van der Waals surface area contributed by atoms with E-state index in [1.54, 1.807) is 6.07 Å². The van der Waals surface area contributed by atoms with E-state index in [0.717, 1.165) is 53.6 Å². The van der Waals surface area contributed by atoms with Crippen LogP contribution in [0.15, 0.2) is 72.8 Å². The van der Waals surface area contributed by atoms with Gasteiger partial charge in [0.05, 0.1) is 18.6 Å². The minimum atomic E-state index is -0.465. The normalized spacial score (nSPS) is 20.4. The highest BCUT2D eigenvalue weighted by atomic mass is 16.5. The molecule has 1 atom stereocenters. The summed E-state index contributed by atoms with van der Waals surface area (Å²) in [5.74, 6) is 2.98. The van der Waals surface area contributed by atoms with E-state index in [-0.39, 0.29) is 0 Å². The quantitative estimate of drug-likeness (QED) is 0.404. The summed E-state index contributed by atoms with van der Waals surface area (Å²) >= 11 is 0. The van der Waals surface area contributed by atoms with Crippen molar-refractivity contribution in [3.05, 3.63) is 89.5 Å². The Morgan fingerprint density at radius 1 is 0.882 bits per heavy atom. The Labute approximate surface area is 202 Å². The Hall–Kier alpha value is -2.98. The first kappa shape index (κ1) is 22.8. The standard InChI is InChI=1S/C30H35NO3/c32-28-10-3-1-8-26(28)30(18-22-34-29-11-4-2-9-27(29)30)24-12-14-25(15-13-24)33-21-6-5-7-23-16-19-31-20-17-23/h1-4,8-15,23,31-32H,5-7,16-22H2. The molecule has 4 heteroatoms. The molecule has 0 bridgehead atoms. The Kier molecular flexibility index (Phi) is 7.05. The molecule has 2 aliphatic heterocycles. The lowest BCUT2D eigenvalue weighted by molar-refractivity contribution is 0.249. The van der Waals surface area contributed by atoms with Gasteiger partial charge in [0.25, 0.3) is 0 Å². The van der Waals surface area contributed by atoms with Crippen LogP contribution in [0.2, 0.25) is 0 Å². The molecule has 0 spiro atoms. The second-order valence-corrected chi connectivity index (χ2v) is 9.58. The molecule has 0 saturated carbocycles. The Balaban J connectivity index is 1.32. The predicted octanol–water partition coefficient (Wildman–Crippen LogP) is 6.06. The lowest BCUT2D eigenvalue weighted by atomic mass is 9.66. The molecule has 5 rings (SSSR count). The average Bonchev–Trinajstić information content (AvgIpc) is 2.89. The summed E-state index contributed by atoms with van der Waals surface area (Å²) in [6.07, 6.45) is 7.03. The number of hydrogen-bond acceptors (Lipinski definition) is 4. The molecule has 34 heavy (non-hydrogen) atoms. The number of fused-ring (bicyclic) bond motifs is 1. The molecular weight excluding hydrogens is 422 g/mol. The van der Waals surface area contributed by atoms with Crippen LogP contribution < -0.4 is 14.8 Å². The SMILES string of the molecule is Oc1ccccc1C1(c2ccc(OCCCCC3CCNCC3)cc2)CCOc2ccccc21. The van der Waals surface area contributed by atoms with E-state index in [1.807, 2.05) is 36.4 Å². The fraction of sp³-hybridized carbons (Fsp3) is 0.400. The fourth-order valence-electron chi connectivity index (χ4n) is 5.69. The summed E-state index contributed by atoms with van der Waals surface area (Å²) in [5, 5.41) is 14.3. The number of phenolic OH excluding ortho intramolecular Hbond substituents is 1. The van der Waals surface area contributed by atoms with E-state index in [2.05, 4.69) is 35.6 Å². The van der Waals surface area contributed by atoms with Crippen LogP contribution in [0, 0.1) is 5.92 Å². The minimum absolute atomic E-state index is 0.313. The van der Waals surface area contributed by atoms with Crippen molar-refractivity contribution < 1.29 is 14.6 Å². The molecule has 0 amide bonds. The largest absolute Gasteiger partial charge is 0.508 e. The van der Waals surface area contributed by atoms with Crippen molar-refractivity contribution >= 4 is 0 Å². The molecule has 1 saturated heterocycles. The smallest absolute Gasteiger partial charge is 0.123 e. The van der Waals surface area contributed by atoms with Crippen molar-refractivity contribution in [3.8, 4) is 17.2 Å². The van der Waals surface area contributed by atoms with Crippen molar-refractivity contribution in [2.45, 2.75) is 43.9 Å². The van der Waals surface area contributed by atoms with Gasteiger partial charge in [-0.05, 0) is 80.9 Å². The number of unbranched alkanes of at least 4 members (excludes halogenated alkanes) is 1. The van der Waals surface area contributed by atoms with Gasteiger partial charge in [-0.2, -0.15) is 0 Å². The van der Waals surface area contributed by atoms with Gasteiger partial charge in [-0.3, -0.25) is 0 Å². The van der Waals surface area contributed by atoms with Crippen molar-refractivity contribution in [1.82, 2.24) is 5.32 Å². The topological polar surface area (TPSA) is 50.7 Å². The summed E-state index contributed by atoms with van der Waals surface area (Å²) in [6, 6.07) is 24.3. The van der Waals surface area contributed by atoms with Gasteiger partial charge in [0.1, 0.15) is 17.2 Å². The van der Waals surface area contributed by atoms with Crippen LogP contribution in [0.1, 0.15) is 55.2 Å². The second kappa shape index (κ2) is 10.5. The van der Waals surface area contributed by atoms with Crippen LogP contribution in [0.3, 0.4) is 0 Å². The molecule has 1 unspecified atom stereocenters. The van der Waals surface area contributed by atoms with Gasteiger partial charge in [-0.25, -0.2) is 0 Å². The van der Waals surface area contributed by atoms with Gasteiger partial charge < -0.3 is 19.9 Å². The molecule has 3 aromatic carbocycles. The van der Waals surface area contributed by atoms with E-state index >= 15 is 0 Å². The molecule has 178 valence electrons. The highest BCUT2D eigenvalue weighted by Gasteiger charge is 2.42. The van der Waals surface area contributed by atoms with Gasteiger partial charge in [-0.1, -0.05) is 55.0 Å². The summed E-state index contributed by atoms with van der Waals surface area (Å²) in [7, 11) is 0. The molecule has 0 aromatic heterocycles. The summed E-state index contributed by atoms with van der Waals surface area (Å²) in [6.45, 7) is 3.70. The van der Waals surface area contributed by atoms with Gasteiger partial charge in [0, 0.05) is 11.1 Å². The monoisotopic (exact) mass is 457 g/mol. The van der Waals surface area contributed by atoms with E-state index < -0.39 is 5.41 Å². The highest BCUT2D eigenvalue weighted by molar-refractivity contribution is 5.59. The third-order valence-corrected chi connectivity index (χ3v) is 7.53. The van der Waals surface area contributed by atoms with Gasteiger partial charge >= 0.3 is 0 Å². The van der Waals surface area contributed by atoms with Gasteiger partial charge in [-0.15, -0.1) is 0 Å². The van der Waals surface area contributed by atoms with Crippen LogP contribution in [-0.4, -0.2) is 31.4 Å². The first-order valence-corrected chi connectivity index (χ1v) is 12.7. The van der Waals surface area contributed by atoms with E-state index in [4.69, 9.17) is 9.47 Å². The van der Waals surface area contributed by atoms with Gasteiger partial charge in [0.2, 0.25) is 0 Å².